The van der Waals surface area contributed by atoms with Crippen LogP contribution in [0.15, 0.2) is 186 Å². The lowest BCUT2D eigenvalue weighted by Gasteiger charge is -2.23. The van der Waals surface area contributed by atoms with Crippen molar-refractivity contribution in [2.75, 3.05) is 0 Å². The van der Waals surface area contributed by atoms with E-state index in [1.165, 1.54) is 121 Å². The van der Waals surface area contributed by atoms with Gasteiger partial charge in [-0.25, -0.2) is 0 Å². The lowest BCUT2D eigenvalue weighted by Crippen LogP contribution is -2.15. The molecule has 0 saturated carbocycles. The lowest BCUT2D eigenvalue weighted by atomic mass is 9.79. The lowest BCUT2D eigenvalue weighted by molar-refractivity contribution is 0.660. The van der Waals surface area contributed by atoms with Crippen molar-refractivity contribution >= 4 is 54.3 Å². The van der Waals surface area contributed by atoms with E-state index in [0.717, 1.165) is 11.2 Å². The smallest absolute Gasteiger partial charge is 0.136 e. The minimum absolute atomic E-state index is 0.145. The Balaban J connectivity index is 0.936. The normalized spacial score (nSPS) is 14.5. The topological polar surface area (TPSA) is 13.1 Å². The Morgan fingerprint density at radius 2 is 0.836 bits per heavy atom. The molecule has 1 heteroatoms. The molecular weight excluding hydrogens is 737 g/mol. The van der Waals surface area contributed by atoms with E-state index in [1.807, 2.05) is 0 Å². The molecule has 0 unspecified atom stereocenters. The Morgan fingerprint density at radius 3 is 1.56 bits per heavy atom. The highest BCUT2D eigenvalue weighted by molar-refractivity contribution is 6.22. The SMILES string of the molecule is CC1(C)c2ccc(-c3c4ccccc4c(-c4ccccc4)c4ccccc34)cc2-c2ccc(-c3ccc4c(c3)-c3ccc5c(ccc6oc7ccccc7c65)c3C4(C)C)cc21. The maximum absolute atomic E-state index is 6.30. The Morgan fingerprint density at radius 1 is 0.311 bits per heavy atom. The van der Waals surface area contributed by atoms with E-state index in [9.17, 15) is 0 Å². The highest BCUT2D eigenvalue weighted by atomic mass is 16.3. The number of hydrogen-bond donors (Lipinski definition) is 0. The standard InChI is InChI=1S/C60H42O/c1-59(2)50-30-24-38(56-42-18-10-8-16-40(42)55(35-14-6-5-7-15-35)41-17-9-11-19-43(41)56)33-48(50)39-25-22-37(34-52(39)59)36-23-29-51-49(32-36)46-27-26-44-45(58(46)60(51,3)4)28-31-54-57(44)47-20-12-13-21-53(47)61-54/h5-34H,1-4H3. The van der Waals surface area contributed by atoms with Crippen molar-refractivity contribution in [3.8, 4) is 55.6 Å². The Bertz CT molecular complexity index is 3630. The summed E-state index contributed by atoms with van der Waals surface area (Å²) in [7, 11) is 0. The second-order valence-electron chi connectivity index (χ2n) is 18.4. The summed E-state index contributed by atoms with van der Waals surface area (Å²) in [6, 6.07) is 67.9. The van der Waals surface area contributed by atoms with Gasteiger partial charge in [-0.1, -0.05) is 179 Å². The van der Waals surface area contributed by atoms with E-state index in [0.29, 0.717) is 0 Å². The van der Waals surface area contributed by atoms with Gasteiger partial charge in [0.05, 0.1) is 0 Å². The zero-order valence-corrected chi connectivity index (χ0v) is 34.7. The van der Waals surface area contributed by atoms with E-state index >= 15 is 0 Å². The first kappa shape index (κ1) is 34.6. The largest absolute Gasteiger partial charge is 0.456 e. The second-order valence-corrected chi connectivity index (χ2v) is 18.4. The number of hydrogen-bond acceptors (Lipinski definition) is 1. The van der Waals surface area contributed by atoms with Crippen molar-refractivity contribution in [1.82, 2.24) is 0 Å². The van der Waals surface area contributed by atoms with Crippen LogP contribution >= 0.6 is 0 Å². The van der Waals surface area contributed by atoms with Crippen LogP contribution in [-0.2, 0) is 10.8 Å². The third-order valence-corrected chi connectivity index (χ3v) is 14.4. The van der Waals surface area contributed by atoms with Crippen molar-refractivity contribution < 1.29 is 4.42 Å². The molecule has 0 N–H and O–H groups in total. The molecule has 0 atom stereocenters. The minimum atomic E-state index is -0.146. The summed E-state index contributed by atoms with van der Waals surface area (Å²) in [5, 5.41) is 10.1. The fourth-order valence-electron chi connectivity index (χ4n) is 11.6. The van der Waals surface area contributed by atoms with Gasteiger partial charge in [-0.15, -0.1) is 0 Å². The predicted octanol–water partition coefficient (Wildman–Crippen LogP) is 16.7. The van der Waals surface area contributed by atoms with E-state index in [2.05, 4.69) is 210 Å². The van der Waals surface area contributed by atoms with Gasteiger partial charge < -0.3 is 4.42 Å². The molecule has 1 heterocycles. The summed E-state index contributed by atoms with van der Waals surface area (Å²) in [6.07, 6.45) is 0. The molecule has 288 valence electrons. The van der Waals surface area contributed by atoms with E-state index in [-0.39, 0.29) is 10.8 Å². The number of benzene rings is 10. The van der Waals surface area contributed by atoms with Crippen molar-refractivity contribution in [1.29, 1.82) is 0 Å². The fraction of sp³-hybridized carbons (Fsp3) is 0.100. The minimum Gasteiger partial charge on any atom is -0.456 e. The van der Waals surface area contributed by atoms with Gasteiger partial charge >= 0.3 is 0 Å². The zero-order chi connectivity index (χ0) is 40.8. The molecule has 0 fully saturated rings. The van der Waals surface area contributed by atoms with Crippen molar-refractivity contribution in [2.45, 2.75) is 38.5 Å². The third kappa shape index (κ3) is 4.67. The Kier molecular flexibility index (Phi) is 6.91. The molecule has 11 aromatic rings. The summed E-state index contributed by atoms with van der Waals surface area (Å²) in [6.45, 7) is 9.57. The highest BCUT2D eigenvalue weighted by Gasteiger charge is 2.39. The Hall–Kier alpha value is -7.22. The Labute approximate surface area is 355 Å². The van der Waals surface area contributed by atoms with Crippen LogP contribution in [0.4, 0.5) is 0 Å². The summed E-state index contributed by atoms with van der Waals surface area (Å²) in [5.41, 5.74) is 20.1. The fourth-order valence-corrected chi connectivity index (χ4v) is 11.6. The summed E-state index contributed by atoms with van der Waals surface area (Å²) in [4.78, 5) is 0. The molecular formula is C60H42O. The van der Waals surface area contributed by atoms with Crippen LogP contribution in [0.3, 0.4) is 0 Å². The number of para-hydroxylation sites is 1. The number of fused-ring (bicyclic) bond motifs is 14. The van der Waals surface area contributed by atoms with Gasteiger partial charge in [0.15, 0.2) is 0 Å². The average molecular weight is 779 g/mol. The molecule has 0 aliphatic heterocycles. The van der Waals surface area contributed by atoms with Gasteiger partial charge in [0.2, 0.25) is 0 Å². The van der Waals surface area contributed by atoms with Crippen LogP contribution < -0.4 is 0 Å². The first-order valence-corrected chi connectivity index (χ1v) is 21.6. The van der Waals surface area contributed by atoms with Gasteiger partial charge in [-0.05, 0) is 141 Å². The average Bonchev–Trinajstić information content (AvgIpc) is 3.87. The summed E-state index contributed by atoms with van der Waals surface area (Å²) >= 11 is 0. The maximum atomic E-state index is 6.30. The van der Waals surface area contributed by atoms with Gasteiger partial charge in [-0.2, -0.15) is 0 Å². The van der Waals surface area contributed by atoms with Crippen molar-refractivity contribution in [3.05, 3.63) is 204 Å². The first-order valence-electron chi connectivity index (χ1n) is 21.6. The van der Waals surface area contributed by atoms with E-state index < -0.39 is 0 Å². The number of rotatable bonds is 3. The molecule has 61 heavy (non-hydrogen) atoms. The summed E-state index contributed by atoms with van der Waals surface area (Å²) in [5.74, 6) is 0. The molecule has 2 aliphatic rings. The molecule has 10 aromatic carbocycles. The van der Waals surface area contributed by atoms with Crippen LogP contribution in [0, 0.1) is 0 Å². The second kappa shape index (κ2) is 12.2. The quantitative estimate of drug-likeness (QED) is 0.163. The highest BCUT2D eigenvalue weighted by Crippen LogP contribution is 2.55. The van der Waals surface area contributed by atoms with Gasteiger partial charge in [-0.3, -0.25) is 0 Å². The van der Waals surface area contributed by atoms with Gasteiger partial charge in [0.1, 0.15) is 11.2 Å². The zero-order valence-electron chi connectivity index (χ0n) is 34.7. The molecule has 1 nitrogen and oxygen atoms in total. The van der Waals surface area contributed by atoms with Gasteiger partial charge in [0.25, 0.3) is 0 Å². The molecule has 0 spiro atoms. The molecule has 1 aromatic heterocycles. The molecule has 0 amide bonds. The number of furan rings is 1. The molecule has 0 saturated heterocycles. The van der Waals surface area contributed by atoms with Crippen molar-refractivity contribution in [2.24, 2.45) is 0 Å². The molecule has 0 bridgehead atoms. The van der Waals surface area contributed by atoms with Gasteiger partial charge in [0, 0.05) is 21.6 Å². The van der Waals surface area contributed by atoms with Crippen LogP contribution in [0.5, 0.6) is 0 Å². The summed E-state index contributed by atoms with van der Waals surface area (Å²) < 4.78 is 6.30. The monoisotopic (exact) mass is 778 g/mol. The molecule has 2 aliphatic carbocycles. The predicted molar refractivity (Wildman–Crippen MR) is 258 cm³/mol. The van der Waals surface area contributed by atoms with Crippen LogP contribution in [-0.4, -0.2) is 0 Å². The molecule has 0 radical (unpaired) electrons. The van der Waals surface area contributed by atoms with E-state index in [1.54, 1.807) is 0 Å². The van der Waals surface area contributed by atoms with Crippen LogP contribution in [0.25, 0.3) is 110 Å². The third-order valence-electron chi connectivity index (χ3n) is 14.4. The van der Waals surface area contributed by atoms with Crippen LogP contribution in [0.2, 0.25) is 0 Å². The van der Waals surface area contributed by atoms with Crippen molar-refractivity contribution in [3.63, 3.8) is 0 Å². The molecule has 13 rings (SSSR count). The maximum Gasteiger partial charge on any atom is 0.136 e. The first-order chi connectivity index (χ1) is 29.8. The van der Waals surface area contributed by atoms with E-state index in [4.69, 9.17) is 4.42 Å². The van der Waals surface area contributed by atoms with Crippen LogP contribution in [0.1, 0.15) is 49.9 Å².